The minimum atomic E-state index is -1.10. The number of aromatic nitrogens is 1. The zero-order valence-electron chi connectivity index (χ0n) is 31.6. The van der Waals surface area contributed by atoms with E-state index in [0.29, 0.717) is 40.8 Å². The normalized spacial score (nSPS) is 17.7. The van der Waals surface area contributed by atoms with Gasteiger partial charge in [-0.2, -0.15) is 0 Å². The molecular weight excluding hydrogens is 769 g/mol. The van der Waals surface area contributed by atoms with Crippen molar-refractivity contribution in [3.8, 4) is 17.2 Å². The first kappa shape index (κ1) is 39.7. The summed E-state index contributed by atoms with van der Waals surface area (Å²) in [5, 5.41) is 20.8. The van der Waals surface area contributed by atoms with Crippen LogP contribution in [-0.2, 0) is 24.3 Å². The Bertz CT molecular complexity index is 2190. The second kappa shape index (κ2) is 17.8. The highest BCUT2D eigenvalue weighted by Gasteiger charge is 2.37. The Morgan fingerprint density at radius 3 is 2.19 bits per heavy atom. The van der Waals surface area contributed by atoms with Crippen LogP contribution in [0.2, 0.25) is 10.0 Å². The summed E-state index contributed by atoms with van der Waals surface area (Å²) in [5.41, 5.74) is 4.24. The summed E-state index contributed by atoms with van der Waals surface area (Å²) < 4.78 is 24.2. The van der Waals surface area contributed by atoms with Crippen molar-refractivity contribution in [1.29, 1.82) is 0 Å². The van der Waals surface area contributed by atoms with E-state index in [1.54, 1.807) is 29.2 Å². The van der Waals surface area contributed by atoms with E-state index in [-0.39, 0.29) is 40.8 Å². The van der Waals surface area contributed by atoms with Gasteiger partial charge in [-0.3, -0.25) is 15.0 Å². The van der Waals surface area contributed by atoms with Gasteiger partial charge in [-0.15, -0.1) is 0 Å². The van der Waals surface area contributed by atoms with Gasteiger partial charge >= 0.3 is 12.1 Å². The standard InChI is InChI=1S/C44H43Cl2N3O8/c1-54-40-15-11-31(21-41(40)55-2)35(22-37-38(45)24-48(53)25-39(37)46)36-20-29(10-14-34(36)43(50)51)27-56-33-12-8-28(9-13-33)23-49(32-6-4-3-5-7-32)44(52)57-42-26-47-18-16-30(42)17-19-47/h3-15,20-21,24-25,30,35,42H,16-19,22-23,26-27H2,1-2H3,(H-,50,51,53)/p+1/t35-,42-/m0/s1. The van der Waals surface area contributed by atoms with E-state index in [4.69, 9.17) is 42.1 Å². The van der Waals surface area contributed by atoms with Crippen LogP contribution < -0.4 is 23.8 Å². The van der Waals surface area contributed by atoms with Gasteiger partial charge in [-0.25, -0.2) is 9.59 Å². The van der Waals surface area contributed by atoms with Crippen molar-refractivity contribution in [2.45, 2.75) is 44.4 Å². The lowest BCUT2D eigenvalue weighted by atomic mass is 9.82. The molecule has 3 aliphatic heterocycles. The molecule has 8 rings (SSSR count). The third kappa shape index (κ3) is 9.23. The van der Waals surface area contributed by atoms with E-state index < -0.39 is 11.9 Å². The number of pyridine rings is 1. The molecule has 2 atom stereocenters. The van der Waals surface area contributed by atoms with Crippen molar-refractivity contribution in [2.24, 2.45) is 5.92 Å². The van der Waals surface area contributed by atoms with Crippen LogP contribution >= 0.6 is 23.2 Å². The number of benzene rings is 4. The third-order valence-electron chi connectivity index (χ3n) is 10.8. The lowest BCUT2D eigenvalue weighted by Crippen LogP contribution is -2.53. The van der Waals surface area contributed by atoms with Crippen LogP contribution in [0.15, 0.2) is 103 Å². The largest absolute Gasteiger partial charge is 0.493 e. The van der Waals surface area contributed by atoms with Gasteiger partial charge < -0.3 is 24.1 Å². The molecule has 3 aliphatic rings. The van der Waals surface area contributed by atoms with Gasteiger partial charge in [-0.05, 0) is 103 Å². The number of anilines is 1. The molecule has 4 heterocycles. The lowest BCUT2D eigenvalue weighted by Gasteiger charge is -2.44. The molecule has 296 valence electrons. The highest BCUT2D eigenvalue weighted by atomic mass is 35.5. The molecule has 2 N–H and O–H groups in total. The minimum absolute atomic E-state index is 0.0956. The lowest BCUT2D eigenvalue weighted by molar-refractivity contribution is -0.904. The number of halogens is 2. The Hall–Kier alpha value is -5.49. The van der Waals surface area contributed by atoms with Gasteiger partial charge in [0.25, 0.3) is 0 Å². The number of amides is 1. The predicted molar refractivity (Wildman–Crippen MR) is 215 cm³/mol. The van der Waals surface area contributed by atoms with Gasteiger partial charge in [0.05, 0.1) is 26.3 Å². The third-order valence-corrected chi connectivity index (χ3v) is 11.5. The van der Waals surface area contributed by atoms with Crippen molar-refractivity contribution >= 4 is 41.0 Å². The SMILES string of the molecule is COc1ccc([C@H](Cc2c(Cl)c[n+](O)cc2Cl)c2cc(COc3ccc(CN(C(=O)O[C@H]4CN5CCC4CC5)c4ccccc4)cc3)ccc2C(=O)O)cc1OC. The van der Waals surface area contributed by atoms with Gasteiger partial charge in [0, 0.05) is 28.4 Å². The Balaban J connectivity index is 1.11. The number of hydrogen-bond acceptors (Lipinski definition) is 8. The topological polar surface area (TPSA) is 122 Å². The van der Waals surface area contributed by atoms with Crippen LogP contribution in [0.1, 0.15) is 56.9 Å². The molecule has 1 aromatic heterocycles. The van der Waals surface area contributed by atoms with Crippen LogP contribution in [0, 0.1) is 5.92 Å². The van der Waals surface area contributed by atoms with Crippen molar-refractivity contribution in [1.82, 2.24) is 4.90 Å². The maximum absolute atomic E-state index is 13.6. The number of piperidine rings is 3. The number of para-hydroxylation sites is 1. The molecule has 1 amide bonds. The number of carbonyl (C=O) groups excluding carboxylic acids is 1. The molecule has 5 aromatic rings. The highest BCUT2D eigenvalue weighted by Crippen LogP contribution is 2.39. The Kier molecular flexibility index (Phi) is 12.4. The molecule has 0 aliphatic carbocycles. The fourth-order valence-electron chi connectivity index (χ4n) is 7.75. The van der Waals surface area contributed by atoms with Crippen molar-refractivity contribution in [3.05, 3.63) is 147 Å². The first-order chi connectivity index (χ1) is 27.6. The quantitative estimate of drug-likeness (QED) is 0.0841. The molecule has 11 nitrogen and oxygen atoms in total. The Morgan fingerprint density at radius 1 is 0.877 bits per heavy atom. The molecular formula is C44H44Cl2N3O8+. The van der Waals surface area contributed by atoms with E-state index in [9.17, 15) is 19.9 Å². The summed E-state index contributed by atoms with van der Waals surface area (Å²) in [6, 6.07) is 27.6. The van der Waals surface area contributed by atoms with Crippen molar-refractivity contribution < 1.29 is 43.6 Å². The first-order valence-corrected chi connectivity index (χ1v) is 19.5. The smallest absolute Gasteiger partial charge is 0.414 e. The van der Waals surface area contributed by atoms with Gasteiger partial charge in [0.1, 0.15) is 28.5 Å². The average Bonchev–Trinajstić information content (AvgIpc) is 3.22. The highest BCUT2D eigenvalue weighted by molar-refractivity contribution is 6.35. The molecule has 0 radical (unpaired) electrons. The predicted octanol–water partition coefficient (Wildman–Crippen LogP) is 8.42. The van der Waals surface area contributed by atoms with E-state index in [0.717, 1.165) is 59.6 Å². The van der Waals surface area contributed by atoms with Gasteiger partial charge in [-0.1, -0.05) is 71.7 Å². The fourth-order valence-corrected chi connectivity index (χ4v) is 8.35. The van der Waals surface area contributed by atoms with Gasteiger partial charge in [0.2, 0.25) is 12.4 Å². The molecule has 57 heavy (non-hydrogen) atoms. The van der Waals surface area contributed by atoms with Crippen LogP contribution in [0.5, 0.6) is 17.2 Å². The second-order valence-corrected chi connectivity index (χ2v) is 15.1. The maximum atomic E-state index is 13.6. The minimum Gasteiger partial charge on any atom is -0.493 e. The van der Waals surface area contributed by atoms with Crippen LogP contribution in [0.25, 0.3) is 0 Å². The van der Waals surface area contributed by atoms with Gasteiger partial charge in [0.15, 0.2) is 11.5 Å². The molecule has 2 bridgehead atoms. The summed E-state index contributed by atoms with van der Waals surface area (Å²) in [4.78, 5) is 30.4. The summed E-state index contributed by atoms with van der Waals surface area (Å²) in [6.45, 7) is 3.37. The molecule has 4 aromatic carbocycles. The fraction of sp³-hybridized carbons (Fsp3) is 0.295. The van der Waals surface area contributed by atoms with Crippen LogP contribution in [0.4, 0.5) is 10.5 Å². The second-order valence-electron chi connectivity index (χ2n) is 14.3. The summed E-state index contributed by atoms with van der Waals surface area (Å²) in [6.07, 6.45) is 4.49. The monoisotopic (exact) mass is 812 g/mol. The molecule has 3 saturated heterocycles. The van der Waals surface area contributed by atoms with E-state index in [1.165, 1.54) is 26.6 Å². The molecule has 13 heteroatoms. The molecule has 0 saturated carbocycles. The summed E-state index contributed by atoms with van der Waals surface area (Å²) >= 11 is 13.1. The number of hydrogen-bond donors (Lipinski definition) is 2. The number of methoxy groups -OCH3 is 2. The number of ether oxygens (including phenoxy) is 4. The van der Waals surface area contributed by atoms with Crippen molar-refractivity contribution in [3.63, 3.8) is 0 Å². The number of carbonyl (C=O) groups is 2. The molecule has 0 spiro atoms. The number of nitrogens with zero attached hydrogens (tertiary/aromatic N) is 3. The van der Waals surface area contributed by atoms with Crippen LogP contribution in [0.3, 0.4) is 0 Å². The van der Waals surface area contributed by atoms with E-state index >= 15 is 0 Å². The summed E-state index contributed by atoms with van der Waals surface area (Å²) in [7, 11) is 3.07. The van der Waals surface area contributed by atoms with Crippen molar-refractivity contribution in [2.75, 3.05) is 38.8 Å². The number of carboxylic acids is 1. The molecule has 0 unspecified atom stereocenters. The number of carboxylic acid groups (broad SMARTS) is 1. The van der Waals surface area contributed by atoms with E-state index in [1.807, 2.05) is 66.7 Å². The number of rotatable bonds is 14. The number of fused-ring (bicyclic) bond motifs is 3. The zero-order chi connectivity index (χ0) is 40.1. The first-order valence-electron chi connectivity index (χ1n) is 18.7. The summed E-state index contributed by atoms with van der Waals surface area (Å²) in [5.74, 6) is 0.313. The van der Waals surface area contributed by atoms with Crippen LogP contribution in [-0.4, -0.2) is 67.2 Å². The molecule has 3 fully saturated rings. The Morgan fingerprint density at radius 2 is 1.56 bits per heavy atom. The Labute approximate surface area is 341 Å². The average molecular weight is 814 g/mol. The van der Waals surface area contributed by atoms with E-state index in [2.05, 4.69) is 4.90 Å². The maximum Gasteiger partial charge on any atom is 0.414 e. The zero-order valence-corrected chi connectivity index (χ0v) is 33.2. The number of aromatic carboxylic acids is 1.